The standard InChI is InChI=1S/C21H21ClN4O5S/c22-17-6-5-14(32-17)11-24-7-9-25(10-8-24)18(27)13-31-19(28)12-26-16-4-2-1-3-15(16)20(29)23-21(26)30/h1-6H,7-13H2,(H,23,29,30). The summed E-state index contributed by atoms with van der Waals surface area (Å²) in [6.45, 7) is 2.51. The van der Waals surface area contributed by atoms with Crippen molar-refractivity contribution in [2.75, 3.05) is 32.8 Å². The van der Waals surface area contributed by atoms with Crippen molar-refractivity contribution < 1.29 is 14.3 Å². The second kappa shape index (κ2) is 9.68. The monoisotopic (exact) mass is 476 g/mol. The maximum Gasteiger partial charge on any atom is 0.329 e. The number of amides is 1. The Balaban J connectivity index is 1.29. The zero-order valence-electron chi connectivity index (χ0n) is 17.1. The minimum Gasteiger partial charge on any atom is -0.454 e. The summed E-state index contributed by atoms with van der Waals surface area (Å²) < 4.78 is 6.99. The van der Waals surface area contributed by atoms with E-state index in [0.717, 1.165) is 15.4 Å². The van der Waals surface area contributed by atoms with Crippen LogP contribution in [0.2, 0.25) is 4.34 Å². The number of esters is 1. The first-order valence-corrected chi connectivity index (χ1v) is 11.2. The van der Waals surface area contributed by atoms with Gasteiger partial charge in [-0.1, -0.05) is 23.7 Å². The van der Waals surface area contributed by atoms with Gasteiger partial charge in [-0.2, -0.15) is 0 Å². The highest BCUT2D eigenvalue weighted by Crippen LogP contribution is 2.23. The topological polar surface area (TPSA) is 105 Å². The molecule has 9 nitrogen and oxygen atoms in total. The zero-order chi connectivity index (χ0) is 22.7. The van der Waals surface area contributed by atoms with Gasteiger partial charge >= 0.3 is 11.7 Å². The van der Waals surface area contributed by atoms with E-state index in [1.807, 2.05) is 12.1 Å². The Morgan fingerprint density at radius 2 is 1.81 bits per heavy atom. The molecule has 1 fully saturated rings. The molecule has 4 rings (SSSR count). The number of carbonyl (C=O) groups is 2. The van der Waals surface area contributed by atoms with E-state index in [4.69, 9.17) is 16.3 Å². The first kappa shape index (κ1) is 22.3. The van der Waals surface area contributed by atoms with Gasteiger partial charge in [0.25, 0.3) is 11.5 Å². The maximum atomic E-state index is 12.4. The summed E-state index contributed by atoms with van der Waals surface area (Å²) >= 11 is 7.51. The number of rotatable bonds is 6. The molecular weight excluding hydrogens is 456 g/mol. The molecule has 0 atom stereocenters. The van der Waals surface area contributed by atoms with Gasteiger partial charge in [0.2, 0.25) is 0 Å². The molecule has 0 bridgehead atoms. The first-order valence-electron chi connectivity index (χ1n) is 10.0. The van der Waals surface area contributed by atoms with E-state index in [2.05, 4.69) is 9.88 Å². The van der Waals surface area contributed by atoms with Crippen molar-refractivity contribution in [3.05, 3.63) is 66.4 Å². The van der Waals surface area contributed by atoms with E-state index < -0.39 is 30.4 Å². The predicted molar refractivity (Wildman–Crippen MR) is 121 cm³/mol. The van der Waals surface area contributed by atoms with E-state index in [-0.39, 0.29) is 5.91 Å². The Morgan fingerprint density at radius 3 is 2.53 bits per heavy atom. The Morgan fingerprint density at radius 1 is 1.06 bits per heavy atom. The van der Waals surface area contributed by atoms with Crippen molar-refractivity contribution in [1.82, 2.24) is 19.4 Å². The second-order valence-corrected chi connectivity index (χ2v) is 9.19. The number of piperazine rings is 1. The lowest BCUT2D eigenvalue weighted by atomic mass is 10.2. The number of thiophene rings is 1. The molecule has 2 aromatic heterocycles. The van der Waals surface area contributed by atoms with E-state index in [1.54, 1.807) is 40.5 Å². The van der Waals surface area contributed by atoms with Crippen molar-refractivity contribution in [3.63, 3.8) is 0 Å². The van der Waals surface area contributed by atoms with Crippen LogP contribution in [0.4, 0.5) is 0 Å². The lowest BCUT2D eigenvalue weighted by Crippen LogP contribution is -2.49. The van der Waals surface area contributed by atoms with Crippen molar-refractivity contribution in [2.24, 2.45) is 0 Å². The molecule has 0 radical (unpaired) electrons. The number of H-pyrrole nitrogens is 1. The van der Waals surface area contributed by atoms with Crippen molar-refractivity contribution >= 4 is 45.7 Å². The van der Waals surface area contributed by atoms with Crippen LogP contribution in [0.5, 0.6) is 0 Å². The molecule has 32 heavy (non-hydrogen) atoms. The molecule has 1 amide bonds. The van der Waals surface area contributed by atoms with Crippen LogP contribution < -0.4 is 11.2 Å². The number of ether oxygens (including phenoxy) is 1. The summed E-state index contributed by atoms with van der Waals surface area (Å²) in [4.78, 5) is 56.0. The average molecular weight is 477 g/mol. The highest BCUT2D eigenvalue weighted by Gasteiger charge is 2.22. The zero-order valence-corrected chi connectivity index (χ0v) is 18.7. The van der Waals surface area contributed by atoms with Crippen LogP contribution in [0.1, 0.15) is 4.88 Å². The molecule has 0 aliphatic carbocycles. The minimum atomic E-state index is -0.731. The highest BCUT2D eigenvalue weighted by atomic mass is 35.5. The van der Waals surface area contributed by atoms with E-state index in [1.165, 1.54) is 4.88 Å². The molecule has 168 valence electrons. The summed E-state index contributed by atoms with van der Waals surface area (Å²) in [5, 5.41) is 0.290. The number of benzene rings is 1. The fourth-order valence-corrected chi connectivity index (χ4v) is 4.75. The van der Waals surface area contributed by atoms with Crippen LogP contribution in [0.15, 0.2) is 46.0 Å². The largest absolute Gasteiger partial charge is 0.454 e. The molecule has 3 heterocycles. The Bertz CT molecular complexity index is 1260. The van der Waals surface area contributed by atoms with Crippen LogP contribution in [0.25, 0.3) is 10.9 Å². The van der Waals surface area contributed by atoms with Crippen LogP contribution in [0, 0.1) is 0 Å². The van der Waals surface area contributed by atoms with E-state index in [9.17, 15) is 19.2 Å². The Hall–Kier alpha value is -2.95. The molecule has 1 aromatic carbocycles. The van der Waals surface area contributed by atoms with Gasteiger partial charge < -0.3 is 9.64 Å². The molecule has 1 N–H and O–H groups in total. The average Bonchev–Trinajstić information content (AvgIpc) is 3.20. The third-order valence-corrected chi connectivity index (χ3v) is 6.50. The number of hydrogen-bond donors (Lipinski definition) is 1. The van der Waals surface area contributed by atoms with Crippen molar-refractivity contribution in [1.29, 1.82) is 0 Å². The SMILES string of the molecule is O=C(Cn1c(=O)[nH]c(=O)c2ccccc21)OCC(=O)N1CCN(Cc2ccc(Cl)s2)CC1. The van der Waals surface area contributed by atoms with Gasteiger partial charge in [0.05, 0.1) is 15.2 Å². The molecular formula is C21H21ClN4O5S. The van der Waals surface area contributed by atoms with Crippen molar-refractivity contribution in [3.8, 4) is 0 Å². The molecule has 0 saturated carbocycles. The van der Waals surface area contributed by atoms with Gasteiger partial charge in [0, 0.05) is 37.6 Å². The lowest BCUT2D eigenvalue weighted by Gasteiger charge is -2.34. The third kappa shape index (κ3) is 5.09. The van der Waals surface area contributed by atoms with Crippen LogP contribution >= 0.6 is 22.9 Å². The van der Waals surface area contributed by atoms with Gasteiger partial charge in [-0.05, 0) is 24.3 Å². The third-order valence-electron chi connectivity index (χ3n) is 5.28. The van der Waals surface area contributed by atoms with Gasteiger partial charge in [-0.3, -0.25) is 28.8 Å². The number of halogens is 1. The normalized spacial score (nSPS) is 14.6. The predicted octanol–water partition coefficient (Wildman–Crippen LogP) is 1.29. The number of nitrogens with one attached hydrogen (secondary N) is 1. The summed E-state index contributed by atoms with van der Waals surface area (Å²) in [6, 6.07) is 10.3. The van der Waals surface area contributed by atoms with Crippen molar-refractivity contribution in [2.45, 2.75) is 13.1 Å². The summed E-state index contributed by atoms with van der Waals surface area (Å²) in [6.07, 6.45) is 0. The number of aromatic nitrogens is 2. The second-order valence-electron chi connectivity index (χ2n) is 7.39. The molecule has 11 heteroatoms. The fourth-order valence-electron chi connectivity index (χ4n) is 3.62. The summed E-state index contributed by atoms with van der Waals surface area (Å²) in [5.74, 6) is -1.01. The molecule has 3 aromatic rings. The van der Waals surface area contributed by atoms with Crippen LogP contribution in [-0.4, -0.2) is 64.0 Å². The quantitative estimate of drug-likeness (QED) is 0.537. The summed E-state index contributed by atoms with van der Waals surface area (Å²) in [7, 11) is 0. The van der Waals surface area contributed by atoms with E-state index >= 15 is 0 Å². The van der Waals surface area contributed by atoms with E-state index in [0.29, 0.717) is 37.1 Å². The van der Waals surface area contributed by atoms with Gasteiger partial charge in [0.1, 0.15) is 6.54 Å². The summed E-state index contributed by atoms with van der Waals surface area (Å²) in [5.41, 5.74) is -0.903. The highest BCUT2D eigenvalue weighted by molar-refractivity contribution is 7.16. The number of nitrogens with zero attached hydrogens (tertiary/aromatic N) is 3. The molecule has 0 spiro atoms. The van der Waals surface area contributed by atoms with Crippen LogP contribution in [-0.2, 0) is 27.4 Å². The lowest BCUT2D eigenvalue weighted by molar-refractivity contribution is -0.153. The smallest absolute Gasteiger partial charge is 0.329 e. The molecule has 1 aliphatic heterocycles. The number of aromatic amines is 1. The first-order chi connectivity index (χ1) is 15.4. The number of carbonyl (C=O) groups excluding carboxylic acids is 2. The van der Waals surface area contributed by atoms with Crippen LogP contribution in [0.3, 0.4) is 0 Å². The Kier molecular flexibility index (Phi) is 6.73. The molecule has 1 aliphatic rings. The minimum absolute atomic E-state index is 0.282. The number of para-hydroxylation sites is 1. The molecule has 1 saturated heterocycles. The van der Waals surface area contributed by atoms with Gasteiger partial charge in [-0.25, -0.2) is 4.79 Å². The number of fused-ring (bicyclic) bond motifs is 1. The van der Waals surface area contributed by atoms with Gasteiger partial charge in [0.15, 0.2) is 6.61 Å². The maximum absolute atomic E-state index is 12.4. The molecule has 0 unspecified atom stereocenters. The number of hydrogen-bond acceptors (Lipinski definition) is 7. The van der Waals surface area contributed by atoms with Gasteiger partial charge in [-0.15, -0.1) is 11.3 Å². The fraction of sp³-hybridized carbons (Fsp3) is 0.333. The Labute approximate surface area is 191 Å².